The Morgan fingerprint density at radius 1 is 1.36 bits per heavy atom. The lowest BCUT2D eigenvalue weighted by molar-refractivity contribution is 0.309. The Balaban J connectivity index is 3.04. The molecule has 78 valence electrons. The Labute approximate surface area is 88.1 Å². The molecule has 14 heavy (non-hydrogen) atoms. The molecule has 1 aromatic rings. The number of ether oxygens (including phenoxy) is 1. The molecule has 0 spiro atoms. The number of benzene rings is 1. The summed E-state index contributed by atoms with van der Waals surface area (Å²) in [6.07, 6.45) is 0.816. The van der Waals surface area contributed by atoms with Crippen molar-refractivity contribution in [1.82, 2.24) is 0 Å². The standard InChI is InChI=1S/C9H11ClO3S/c1-2-7-13-8-5-3-4-6-9(8)14(10,11)12/h3-6H,2,7H2,1H3. The molecule has 0 N–H and O–H groups in total. The van der Waals surface area contributed by atoms with Gasteiger partial charge in [-0.05, 0) is 18.6 Å². The zero-order valence-corrected chi connectivity index (χ0v) is 9.31. The van der Waals surface area contributed by atoms with Gasteiger partial charge in [-0.25, -0.2) is 8.42 Å². The van der Waals surface area contributed by atoms with Gasteiger partial charge in [0.2, 0.25) is 0 Å². The second kappa shape index (κ2) is 4.66. The molecule has 0 unspecified atom stereocenters. The van der Waals surface area contributed by atoms with Gasteiger partial charge in [0.25, 0.3) is 9.05 Å². The third kappa shape index (κ3) is 2.89. The van der Waals surface area contributed by atoms with Crippen molar-refractivity contribution in [2.75, 3.05) is 6.61 Å². The van der Waals surface area contributed by atoms with Gasteiger partial charge in [-0.2, -0.15) is 0 Å². The summed E-state index contributed by atoms with van der Waals surface area (Å²) < 4.78 is 27.5. The minimum Gasteiger partial charge on any atom is -0.492 e. The van der Waals surface area contributed by atoms with Crippen molar-refractivity contribution >= 4 is 19.7 Å². The fourth-order valence-corrected chi connectivity index (χ4v) is 1.97. The predicted octanol–water partition coefficient (Wildman–Crippen LogP) is 2.40. The van der Waals surface area contributed by atoms with Crippen LogP contribution < -0.4 is 4.74 Å². The molecule has 0 heterocycles. The zero-order chi connectivity index (χ0) is 10.6. The molecule has 0 radical (unpaired) electrons. The van der Waals surface area contributed by atoms with Crippen LogP contribution in [-0.4, -0.2) is 15.0 Å². The molecule has 0 aliphatic carbocycles. The average Bonchev–Trinajstić information content (AvgIpc) is 2.14. The molecule has 0 saturated heterocycles. The van der Waals surface area contributed by atoms with Crippen molar-refractivity contribution < 1.29 is 13.2 Å². The Kier molecular flexibility index (Phi) is 3.77. The van der Waals surface area contributed by atoms with E-state index in [1.807, 2.05) is 6.92 Å². The quantitative estimate of drug-likeness (QED) is 0.752. The maximum Gasteiger partial charge on any atom is 0.264 e. The highest BCUT2D eigenvalue weighted by atomic mass is 35.7. The van der Waals surface area contributed by atoms with Crippen molar-refractivity contribution in [3.63, 3.8) is 0 Å². The molecule has 0 bridgehead atoms. The molecule has 0 amide bonds. The van der Waals surface area contributed by atoms with E-state index in [1.54, 1.807) is 18.2 Å². The van der Waals surface area contributed by atoms with Gasteiger partial charge in [0.15, 0.2) is 0 Å². The summed E-state index contributed by atoms with van der Waals surface area (Å²) in [5, 5.41) is 0. The van der Waals surface area contributed by atoms with Crippen molar-refractivity contribution in [3.8, 4) is 5.75 Å². The number of rotatable bonds is 4. The summed E-state index contributed by atoms with van der Waals surface area (Å²) in [4.78, 5) is 0.0233. The highest BCUT2D eigenvalue weighted by Gasteiger charge is 2.15. The van der Waals surface area contributed by atoms with Crippen molar-refractivity contribution in [2.45, 2.75) is 18.2 Å². The molecule has 0 atom stereocenters. The van der Waals surface area contributed by atoms with Crippen molar-refractivity contribution in [1.29, 1.82) is 0 Å². The molecule has 0 aliphatic rings. The second-order valence-corrected chi connectivity index (χ2v) is 5.27. The van der Waals surface area contributed by atoms with E-state index in [-0.39, 0.29) is 4.90 Å². The minimum absolute atomic E-state index is 0.0233. The lowest BCUT2D eigenvalue weighted by atomic mass is 10.3. The zero-order valence-electron chi connectivity index (χ0n) is 7.73. The highest BCUT2D eigenvalue weighted by molar-refractivity contribution is 8.13. The highest BCUT2D eigenvalue weighted by Crippen LogP contribution is 2.26. The first kappa shape index (κ1) is 11.3. The van der Waals surface area contributed by atoms with Crippen LogP contribution in [0.3, 0.4) is 0 Å². The molecule has 1 aromatic carbocycles. The van der Waals surface area contributed by atoms with Gasteiger partial charge in [-0.3, -0.25) is 0 Å². The van der Waals surface area contributed by atoms with E-state index in [0.29, 0.717) is 12.4 Å². The molecular formula is C9H11ClO3S. The van der Waals surface area contributed by atoms with Crippen LogP contribution in [0.1, 0.15) is 13.3 Å². The molecule has 0 aliphatic heterocycles. The molecule has 0 saturated carbocycles. The third-order valence-electron chi connectivity index (χ3n) is 1.57. The van der Waals surface area contributed by atoms with E-state index in [0.717, 1.165) is 6.42 Å². The van der Waals surface area contributed by atoms with Crippen LogP contribution >= 0.6 is 10.7 Å². The van der Waals surface area contributed by atoms with Crippen LogP contribution in [0.2, 0.25) is 0 Å². The van der Waals surface area contributed by atoms with E-state index >= 15 is 0 Å². The van der Waals surface area contributed by atoms with E-state index in [4.69, 9.17) is 15.4 Å². The Hall–Kier alpha value is -0.740. The van der Waals surface area contributed by atoms with Crippen LogP contribution in [0.5, 0.6) is 5.75 Å². The minimum atomic E-state index is -3.72. The smallest absolute Gasteiger partial charge is 0.264 e. The number of hydrogen-bond acceptors (Lipinski definition) is 3. The monoisotopic (exact) mass is 234 g/mol. The van der Waals surface area contributed by atoms with E-state index in [2.05, 4.69) is 0 Å². The van der Waals surface area contributed by atoms with E-state index in [9.17, 15) is 8.42 Å². The second-order valence-electron chi connectivity index (χ2n) is 2.73. The molecule has 3 nitrogen and oxygen atoms in total. The van der Waals surface area contributed by atoms with Crippen LogP contribution in [-0.2, 0) is 9.05 Å². The van der Waals surface area contributed by atoms with Gasteiger partial charge in [0.1, 0.15) is 10.6 Å². The van der Waals surface area contributed by atoms with Gasteiger partial charge in [0, 0.05) is 10.7 Å². The first-order valence-electron chi connectivity index (χ1n) is 4.22. The molecule has 0 aromatic heterocycles. The van der Waals surface area contributed by atoms with E-state index in [1.165, 1.54) is 6.07 Å². The predicted molar refractivity (Wildman–Crippen MR) is 55.3 cm³/mol. The SMILES string of the molecule is CCCOc1ccccc1S(=O)(=O)Cl. The lowest BCUT2D eigenvalue weighted by Crippen LogP contribution is -2.00. The van der Waals surface area contributed by atoms with Gasteiger partial charge in [-0.1, -0.05) is 19.1 Å². The van der Waals surface area contributed by atoms with Gasteiger partial charge in [-0.15, -0.1) is 0 Å². The lowest BCUT2D eigenvalue weighted by Gasteiger charge is -2.07. The molecular weight excluding hydrogens is 224 g/mol. The summed E-state index contributed by atoms with van der Waals surface area (Å²) in [6, 6.07) is 6.32. The summed E-state index contributed by atoms with van der Waals surface area (Å²) in [7, 11) is 1.52. The number of halogens is 1. The fourth-order valence-electron chi connectivity index (χ4n) is 0.983. The first-order valence-corrected chi connectivity index (χ1v) is 6.53. The Morgan fingerprint density at radius 2 is 2.00 bits per heavy atom. The van der Waals surface area contributed by atoms with Crippen LogP contribution in [0.4, 0.5) is 0 Å². The largest absolute Gasteiger partial charge is 0.492 e. The van der Waals surface area contributed by atoms with Gasteiger partial charge < -0.3 is 4.74 Å². The van der Waals surface area contributed by atoms with Crippen LogP contribution in [0.25, 0.3) is 0 Å². The van der Waals surface area contributed by atoms with E-state index < -0.39 is 9.05 Å². The van der Waals surface area contributed by atoms with Crippen LogP contribution in [0, 0.1) is 0 Å². The van der Waals surface area contributed by atoms with Crippen LogP contribution in [0.15, 0.2) is 29.2 Å². The first-order chi connectivity index (χ1) is 6.55. The summed E-state index contributed by atoms with van der Waals surface area (Å²) in [5.41, 5.74) is 0. The summed E-state index contributed by atoms with van der Waals surface area (Å²) in [6.45, 7) is 2.42. The summed E-state index contributed by atoms with van der Waals surface area (Å²) in [5.74, 6) is 0.310. The van der Waals surface area contributed by atoms with Crippen molar-refractivity contribution in [3.05, 3.63) is 24.3 Å². The Bertz CT molecular complexity index is 400. The van der Waals surface area contributed by atoms with Gasteiger partial charge in [0.05, 0.1) is 6.61 Å². The van der Waals surface area contributed by atoms with Gasteiger partial charge >= 0.3 is 0 Å². The fraction of sp³-hybridized carbons (Fsp3) is 0.333. The number of para-hydroxylation sites is 1. The molecule has 0 fully saturated rings. The maximum atomic E-state index is 11.1. The Morgan fingerprint density at radius 3 is 2.57 bits per heavy atom. The normalized spacial score (nSPS) is 11.3. The average molecular weight is 235 g/mol. The maximum absolute atomic E-state index is 11.1. The summed E-state index contributed by atoms with van der Waals surface area (Å²) >= 11 is 0. The molecule has 5 heteroatoms. The van der Waals surface area contributed by atoms with Crippen molar-refractivity contribution in [2.24, 2.45) is 0 Å². The topological polar surface area (TPSA) is 43.4 Å². The molecule has 1 rings (SSSR count). The third-order valence-corrected chi connectivity index (χ3v) is 2.93. The number of hydrogen-bond donors (Lipinski definition) is 0.